The van der Waals surface area contributed by atoms with Crippen LogP contribution in [0.5, 0.6) is 0 Å². The van der Waals surface area contributed by atoms with E-state index in [1.165, 1.54) is 17.9 Å². The van der Waals surface area contributed by atoms with Crippen molar-refractivity contribution in [2.45, 2.75) is 25.9 Å². The highest BCUT2D eigenvalue weighted by molar-refractivity contribution is 5.90. The van der Waals surface area contributed by atoms with E-state index in [9.17, 15) is 14.0 Å². The van der Waals surface area contributed by atoms with E-state index in [1.807, 2.05) is 4.90 Å². The second-order valence-electron chi connectivity index (χ2n) is 6.33. The standard InChI is InChI=1S/C17H23FN4O3/c1-12(23)2-4-14-11-22(17(24)25-14)13-3-5-16(15(18)10-13)21-8-6-19-20-7-9-21/h3,5,10,14,19-20H,2,4,6-9,11H2,1H3/t14-/m0/s1. The first-order valence-electron chi connectivity index (χ1n) is 8.52. The molecule has 1 amide bonds. The Bertz CT molecular complexity index is 647. The second-order valence-corrected chi connectivity index (χ2v) is 6.33. The summed E-state index contributed by atoms with van der Waals surface area (Å²) in [5, 5.41) is 0. The van der Waals surface area contributed by atoms with Crippen molar-refractivity contribution < 1.29 is 18.7 Å². The topological polar surface area (TPSA) is 73.9 Å². The van der Waals surface area contributed by atoms with Gasteiger partial charge in [-0.05, 0) is 31.5 Å². The molecule has 0 spiro atoms. The molecule has 2 aliphatic heterocycles. The largest absolute Gasteiger partial charge is 0.444 e. The number of amides is 1. The molecular weight excluding hydrogens is 327 g/mol. The highest BCUT2D eigenvalue weighted by Crippen LogP contribution is 2.28. The van der Waals surface area contributed by atoms with Gasteiger partial charge in [-0.2, -0.15) is 0 Å². The highest BCUT2D eigenvalue weighted by atomic mass is 19.1. The Morgan fingerprint density at radius 1 is 1.32 bits per heavy atom. The molecule has 1 atom stereocenters. The van der Waals surface area contributed by atoms with Crippen molar-refractivity contribution in [3.63, 3.8) is 0 Å². The van der Waals surface area contributed by atoms with E-state index in [0.29, 0.717) is 43.9 Å². The van der Waals surface area contributed by atoms with Crippen LogP contribution < -0.4 is 20.7 Å². The van der Waals surface area contributed by atoms with Crippen LogP contribution in [-0.2, 0) is 9.53 Å². The molecule has 136 valence electrons. The van der Waals surface area contributed by atoms with Gasteiger partial charge in [0.25, 0.3) is 0 Å². The number of Topliss-reactive ketones (excluding diaryl/α,β-unsaturated/α-hetero) is 1. The Morgan fingerprint density at radius 2 is 2.04 bits per heavy atom. The van der Waals surface area contributed by atoms with Crippen molar-refractivity contribution in [1.82, 2.24) is 10.9 Å². The zero-order chi connectivity index (χ0) is 17.8. The minimum atomic E-state index is -0.496. The molecule has 1 aromatic carbocycles. The van der Waals surface area contributed by atoms with Crippen molar-refractivity contribution in [3.05, 3.63) is 24.0 Å². The van der Waals surface area contributed by atoms with Crippen LogP contribution in [0.3, 0.4) is 0 Å². The van der Waals surface area contributed by atoms with Crippen molar-refractivity contribution >= 4 is 23.3 Å². The van der Waals surface area contributed by atoms with Crippen LogP contribution in [0.2, 0.25) is 0 Å². The van der Waals surface area contributed by atoms with Gasteiger partial charge in [0, 0.05) is 32.6 Å². The number of ether oxygens (including phenoxy) is 1. The summed E-state index contributed by atoms with van der Waals surface area (Å²) in [4.78, 5) is 26.5. The Kier molecular flexibility index (Phi) is 5.50. The molecule has 2 heterocycles. The smallest absolute Gasteiger partial charge is 0.414 e. The van der Waals surface area contributed by atoms with E-state index in [2.05, 4.69) is 10.9 Å². The highest BCUT2D eigenvalue weighted by Gasteiger charge is 2.32. The van der Waals surface area contributed by atoms with Crippen molar-refractivity contribution in [2.24, 2.45) is 0 Å². The number of rotatable bonds is 5. The number of benzene rings is 1. The number of cyclic esters (lactones) is 1. The molecule has 2 N–H and O–H groups in total. The van der Waals surface area contributed by atoms with Crippen LogP contribution in [0.1, 0.15) is 19.8 Å². The molecule has 0 aromatic heterocycles. The van der Waals surface area contributed by atoms with Crippen LogP contribution in [0.25, 0.3) is 0 Å². The van der Waals surface area contributed by atoms with Gasteiger partial charge in [-0.15, -0.1) is 0 Å². The Hall–Kier alpha value is -2.19. The summed E-state index contributed by atoms with van der Waals surface area (Å²) in [7, 11) is 0. The fourth-order valence-electron chi connectivity index (χ4n) is 3.08. The van der Waals surface area contributed by atoms with Gasteiger partial charge >= 0.3 is 6.09 Å². The molecule has 1 aromatic rings. The molecule has 2 aliphatic rings. The first-order valence-corrected chi connectivity index (χ1v) is 8.52. The first-order chi connectivity index (χ1) is 12.0. The third-order valence-electron chi connectivity index (χ3n) is 4.41. The molecule has 3 rings (SSSR count). The lowest BCUT2D eigenvalue weighted by atomic mass is 10.1. The van der Waals surface area contributed by atoms with E-state index in [1.54, 1.807) is 12.1 Å². The van der Waals surface area contributed by atoms with E-state index in [-0.39, 0.29) is 17.7 Å². The number of hydrogen-bond donors (Lipinski definition) is 2. The number of anilines is 2. The average Bonchev–Trinajstić information content (AvgIpc) is 2.78. The molecule has 0 aliphatic carbocycles. The van der Waals surface area contributed by atoms with Crippen molar-refractivity contribution in [3.8, 4) is 0 Å². The van der Waals surface area contributed by atoms with Gasteiger partial charge in [0.1, 0.15) is 17.7 Å². The van der Waals surface area contributed by atoms with Gasteiger partial charge < -0.3 is 14.4 Å². The van der Waals surface area contributed by atoms with Crippen molar-refractivity contribution in [1.29, 1.82) is 0 Å². The average molecular weight is 350 g/mol. The maximum atomic E-state index is 14.6. The number of hydrogen-bond acceptors (Lipinski definition) is 6. The van der Waals surface area contributed by atoms with E-state index >= 15 is 0 Å². The van der Waals surface area contributed by atoms with E-state index < -0.39 is 6.09 Å². The van der Waals surface area contributed by atoms with Gasteiger partial charge in [-0.25, -0.2) is 9.18 Å². The normalized spacial score (nSPS) is 21.2. The maximum absolute atomic E-state index is 14.6. The quantitative estimate of drug-likeness (QED) is 0.837. The fourth-order valence-corrected chi connectivity index (χ4v) is 3.08. The monoisotopic (exact) mass is 350 g/mol. The second kappa shape index (κ2) is 7.79. The van der Waals surface area contributed by atoms with Crippen molar-refractivity contribution in [2.75, 3.05) is 42.5 Å². The Balaban J connectivity index is 1.69. The summed E-state index contributed by atoms with van der Waals surface area (Å²) in [6, 6.07) is 4.81. The number of halogens is 1. The summed E-state index contributed by atoms with van der Waals surface area (Å²) >= 11 is 0. The number of carbonyl (C=O) groups excluding carboxylic acids is 2. The van der Waals surface area contributed by atoms with Gasteiger partial charge in [-0.3, -0.25) is 15.8 Å². The molecule has 25 heavy (non-hydrogen) atoms. The molecular formula is C17H23FN4O3. The van der Waals surface area contributed by atoms with Crippen LogP contribution in [-0.4, -0.2) is 50.7 Å². The minimum absolute atomic E-state index is 0.0614. The third kappa shape index (κ3) is 4.26. The molecule has 7 nitrogen and oxygen atoms in total. The number of nitrogens with zero attached hydrogens (tertiary/aromatic N) is 2. The van der Waals surface area contributed by atoms with E-state index in [0.717, 1.165) is 13.1 Å². The zero-order valence-corrected chi connectivity index (χ0v) is 14.3. The molecule has 2 fully saturated rings. The summed E-state index contributed by atoms with van der Waals surface area (Å²) in [5.41, 5.74) is 7.09. The van der Waals surface area contributed by atoms with Crippen LogP contribution in [0.15, 0.2) is 18.2 Å². The lowest BCUT2D eigenvalue weighted by Crippen LogP contribution is -2.32. The number of hydrazine groups is 1. The summed E-state index contributed by atoms with van der Waals surface area (Å²) in [6.45, 7) is 4.68. The van der Waals surface area contributed by atoms with Gasteiger partial charge in [0.15, 0.2) is 0 Å². The third-order valence-corrected chi connectivity index (χ3v) is 4.41. The van der Waals surface area contributed by atoms with E-state index in [4.69, 9.17) is 4.74 Å². The fraction of sp³-hybridized carbons (Fsp3) is 0.529. The summed E-state index contributed by atoms with van der Waals surface area (Å²) in [5.74, 6) is -0.300. The predicted octanol–water partition coefficient (Wildman–Crippen LogP) is 1.43. The number of nitrogens with one attached hydrogen (secondary N) is 2. The van der Waals surface area contributed by atoms with Crippen LogP contribution in [0.4, 0.5) is 20.6 Å². The molecule has 0 saturated carbocycles. The lowest BCUT2D eigenvalue weighted by Gasteiger charge is -2.23. The number of ketones is 1. The SMILES string of the molecule is CC(=O)CC[C@H]1CN(c2ccc(N3CCNNCC3)c(F)c2)C(=O)O1. The van der Waals surface area contributed by atoms with Crippen LogP contribution >= 0.6 is 0 Å². The molecule has 2 saturated heterocycles. The predicted molar refractivity (Wildman–Crippen MR) is 92.1 cm³/mol. The Morgan fingerprint density at radius 3 is 2.68 bits per heavy atom. The summed E-state index contributed by atoms with van der Waals surface area (Å²) in [6.07, 6.45) is 0.0351. The molecule has 8 heteroatoms. The zero-order valence-electron chi connectivity index (χ0n) is 14.3. The molecule has 0 unspecified atom stereocenters. The van der Waals surface area contributed by atoms with Gasteiger partial charge in [0.2, 0.25) is 0 Å². The lowest BCUT2D eigenvalue weighted by molar-refractivity contribution is -0.117. The first kappa shape index (κ1) is 17.6. The number of carbonyl (C=O) groups is 2. The Labute approximate surface area is 146 Å². The molecule has 0 bridgehead atoms. The minimum Gasteiger partial charge on any atom is -0.444 e. The van der Waals surface area contributed by atoms with Gasteiger partial charge in [0.05, 0.1) is 17.9 Å². The summed E-state index contributed by atoms with van der Waals surface area (Å²) < 4.78 is 19.9. The molecule has 0 radical (unpaired) electrons. The maximum Gasteiger partial charge on any atom is 0.414 e. The van der Waals surface area contributed by atoms with Crippen LogP contribution in [0, 0.1) is 5.82 Å². The van der Waals surface area contributed by atoms with Gasteiger partial charge in [-0.1, -0.05) is 0 Å².